The number of rotatable bonds is 4. The first kappa shape index (κ1) is 13.8. The molecule has 19 heavy (non-hydrogen) atoms. The summed E-state index contributed by atoms with van der Waals surface area (Å²) in [5, 5.41) is 5.91. The summed E-state index contributed by atoms with van der Waals surface area (Å²) in [6, 6.07) is 5.58. The maximum absolute atomic E-state index is 11.6. The summed E-state index contributed by atoms with van der Waals surface area (Å²) in [5.74, 6) is -0.0936. The Morgan fingerprint density at radius 3 is 2.89 bits per heavy atom. The van der Waals surface area contributed by atoms with Crippen molar-refractivity contribution in [2.24, 2.45) is 0 Å². The summed E-state index contributed by atoms with van der Waals surface area (Å²) < 4.78 is 0.535. The molecule has 6 heteroatoms. The summed E-state index contributed by atoms with van der Waals surface area (Å²) in [5.41, 5.74) is 2.66. The molecule has 0 saturated carbocycles. The van der Waals surface area contributed by atoms with E-state index in [1.54, 1.807) is 13.2 Å². The van der Waals surface area contributed by atoms with Gasteiger partial charge in [-0.2, -0.15) is 0 Å². The number of aryl methyl sites for hydroxylation is 1. The van der Waals surface area contributed by atoms with Crippen molar-refractivity contribution in [3.63, 3.8) is 0 Å². The van der Waals surface area contributed by atoms with Gasteiger partial charge >= 0.3 is 0 Å². The van der Waals surface area contributed by atoms with Crippen LogP contribution in [0, 0.1) is 6.92 Å². The van der Waals surface area contributed by atoms with Gasteiger partial charge in [-0.3, -0.25) is 4.79 Å². The first-order valence-corrected chi connectivity index (χ1v) is 6.96. The largest absolute Gasteiger partial charge is 0.380 e. The van der Waals surface area contributed by atoms with Crippen LogP contribution >= 0.6 is 22.9 Å². The number of amides is 1. The number of thiazole rings is 1. The zero-order chi connectivity index (χ0) is 13.8. The highest BCUT2D eigenvalue weighted by molar-refractivity contribution is 7.15. The van der Waals surface area contributed by atoms with E-state index in [0.29, 0.717) is 16.6 Å². The van der Waals surface area contributed by atoms with Crippen LogP contribution in [0.1, 0.15) is 20.8 Å². The molecule has 0 unspecified atom stereocenters. The summed E-state index contributed by atoms with van der Waals surface area (Å²) in [6.07, 6.45) is 1.75. The molecule has 2 aromatic rings. The molecular formula is C13H14ClN3OS. The molecule has 0 radical (unpaired) electrons. The predicted octanol–water partition coefficient (Wildman–Crippen LogP) is 3.08. The number of carbonyl (C=O) groups excluding carboxylic acids is 1. The zero-order valence-electron chi connectivity index (χ0n) is 10.7. The van der Waals surface area contributed by atoms with E-state index < -0.39 is 0 Å². The number of aromatic nitrogens is 1. The molecule has 1 aromatic heterocycles. The third kappa shape index (κ3) is 3.45. The third-order valence-corrected chi connectivity index (χ3v) is 3.82. The minimum Gasteiger partial charge on any atom is -0.380 e. The van der Waals surface area contributed by atoms with Gasteiger partial charge in [0.25, 0.3) is 5.91 Å². The van der Waals surface area contributed by atoms with Crippen molar-refractivity contribution < 1.29 is 4.79 Å². The van der Waals surface area contributed by atoms with Crippen molar-refractivity contribution in [3.8, 4) is 0 Å². The molecule has 0 atom stereocenters. The first-order valence-electron chi connectivity index (χ1n) is 5.77. The Hall–Kier alpha value is -1.59. The normalized spacial score (nSPS) is 10.3. The quantitative estimate of drug-likeness (QED) is 0.911. The molecule has 0 aliphatic carbocycles. The summed E-state index contributed by atoms with van der Waals surface area (Å²) in [6.45, 7) is 2.64. The molecule has 0 bridgehead atoms. The predicted molar refractivity (Wildman–Crippen MR) is 79.0 cm³/mol. The van der Waals surface area contributed by atoms with Gasteiger partial charge in [0.15, 0.2) is 4.47 Å². The lowest BCUT2D eigenvalue weighted by Crippen LogP contribution is -2.18. The number of nitrogens with one attached hydrogen (secondary N) is 2. The average Bonchev–Trinajstić information content (AvgIpc) is 2.82. The van der Waals surface area contributed by atoms with Gasteiger partial charge in [-0.05, 0) is 24.6 Å². The van der Waals surface area contributed by atoms with Gasteiger partial charge in [0.2, 0.25) is 0 Å². The smallest absolute Gasteiger partial charge is 0.251 e. The minimum atomic E-state index is -0.0936. The van der Waals surface area contributed by atoms with Crippen LogP contribution in [0.5, 0.6) is 0 Å². The number of carbonyl (C=O) groups is 1. The van der Waals surface area contributed by atoms with Crippen molar-refractivity contribution in [2.45, 2.75) is 13.5 Å². The lowest BCUT2D eigenvalue weighted by atomic mass is 10.1. The van der Waals surface area contributed by atoms with E-state index in [2.05, 4.69) is 15.6 Å². The zero-order valence-corrected chi connectivity index (χ0v) is 12.2. The highest BCUT2D eigenvalue weighted by atomic mass is 35.5. The fourth-order valence-corrected chi connectivity index (χ4v) is 2.56. The molecule has 1 amide bonds. The van der Waals surface area contributed by atoms with E-state index in [1.165, 1.54) is 11.3 Å². The second kappa shape index (κ2) is 6.04. The van der Waals surface area contributed by atoms with E-state index in [4.69, 9.17) is 11.6 Å². The molecule has 1 heterocycles. The fraction of sp³-hybridized carbons (Fsp3) is 0.231. The maximum Gasteiger partial charge on any atom is 0.251 e. The monoisotopic (exact) mass is 295 g/mol. The standard InChI is InChI=1S/C13H14ClN3OS/c1-8-3-4-9(12(18)15-2)5-11(8)16-6-10-7-17-13(14)19-10/h3-5,7,16H,6H2,1-2H3,(H,15,18). The lowest BCUT2D eigenvalue weighted by Gasteiger charge is -2.10. The van der Waals surface area contributed by atoms with Gasteiger partial charge in [-0.25, -0.2) is 4.98 Å². The number of hydrogen-bond donors (Lipinski definition) is 2. The number of nitrogens with zero attached hydrogens (tertiary/aromatic N) is 1. The Labute approximate surface area is 120 Å². The molecule has 100 valence electrons. The van der Waals surface area contributed by atoms with Gasteiger partial charge in [0, 0.05) is 29.4 Å². The first-order chi connectivity index (χ1) is 9.10. The Bertz CT molecular complexity index is 597. The third-order valence-electron chi connectivity index (χ3n) is 2.71. The SMILES string of the molecule is CNC(=O)c1ccc(C)c(NCc2cnc(Cl)s2)c1. The van der Waals surface area contributed by atoms with Crippen LogP contribution in [0.3, 0.4) is 0 Å². The van der Waals surface area contributed by atoms with Crippen LogP contribution in [-0.4, -0.2) is 17.9 Å². The number of hydrogen-bond acceptors (Lipinski definition) is 4. The molecule has 0 saturated heterocycles. The summed E-state index contributed by atoms with van der Waals surface area (Å²) in [7, 11) is 1.62. The maximum atomic E-state index is 11.6. The Balaban J connectivity index is 2.12. The molecule has 2 N–H and O–H groups in total. The van der Waals surface area contributed by atoms with Crippen molar-refractivity contribution >= 4 is 34.5 Å². The Morgan fingerprint density at radius 2 is 2.26 bits per heavy atom. The summed E-state index contributed by atoms with van der Waals surface area (Å²) in [4.78, 5) is 16.6. The minimum absolute atomic E-state index is 0.0936. The van der Waals surface area contributed by atoms with E-state index in [-0.39, 0.29) is 5.91 Å². The highest BCUT2D eigenvalue weighted by Gasteiger charge is 2.07. The molecular weight excluding hydrogens is 282 g/mol. The molecule has 0 spiro atoms. The molecule has 4 nitrogen and oxygen atoms in total. The van der Waals surface area contributed by atoms with Crippen LogP contribution in [0.2, 0.25) is 4.47 Å². The van der Waals surface area contributed by atoms with Crippen molar-refractivity contribution in [1.29, 1.82) is 0 Å². The molecule has 2 rings (SSSR count). The van der Waals surface area contributed by atoms with Gasteiger partial charge in [-0.1, -0.05) is 17.7 Å². The molecule has 0 aliphatic rings. The fourth-order valence-electron chi connectivity index (χ4n) is 1.65. The topological polar surface area (TPSA) is 54.0 Å². The van der Waals surface area contributed by atoms with Gasteiger partial charge < -0.3 is 10.6 Å². The second-order valence-electron chi connectivity index (χ2n) is 4.04. The lowest BCUT2D eigenvalue weighted by molar-refractivity contribution is 0.0963. The van der Waals surface area contributed by atoms with Gasteiger partial charge in [0.05, 0.1) is 6.54 Å². The second-order valence-corrected chi connectivity index (χ2v) is 5.74. The highest BCUT2D eigenvalue weighted by Crippen LogP contribution is 2.21. The van der Waals surface area contributed by atoms with E-state index in [9.17, 15) is 4.79 Å². The van der Waals surface area contributed by atoms with Gasteiger partial charge in [0.1, 0.15) is 0 Å². The van der Waals surface area contributed by atoms with Crippen LogP contribution in [0.15, 0.2) is 24.4 Å². The van der Waals surface area contributed by atoms with Crippen molar-refractivity contribution in [2.75, 3.05) is 12.4 Å². The van der Waals surface area contributed by atoms with Crippen LogP contribution in [0.25, 0.3) is 0 Å². The summed E-state index contributed by atoms with van der Waals surface area (Å²) >= 11 is 7.23. The van der Waals surface area contributed by atoms with Crippen molar-refractivity contribution in [1.82, 2.24) is 10.3 Å². The van der Waals surface area contributed by atoms with Crippen LogP contribution in [0.4, 0.5) is 5.69 Å². The van der Waals surface area contributed by atoms with E-state index >= 15 is 0 Å². The Kier molecular flexibility index (Phi) is 4.39. The average molecular weight is 296 g/mol. The number of benzene rings is 1. The van der Waals surface area contributed by atoms with Crippen molar-refractivity contribution in [3.05, 3.63) is 44.9 Å². The van der Waals surface area contributed by atoms with Gasteiger partial charge in [-0.15, -0.1) is 11.3 Å². The number of halogens is 1. The number of anilines is 1. The van der Waals surface area contributed by atoms with Crippen LogP contribution in [-0.2, 0) is 6.54 Å². The van der Waals surface area contributed by atoms with E-state index in [1.807, 2.05) is 25.1 Å². The van der Waals surface area contributed by atoms with E-state index in [0.717, 1.165) is 16.1 Å². The molecule has 0 aliphatic heterocycles. The molecule has 1 aromatic carbocycles. The van der Waals surface area contributed by atoms with Crippen LogP contribution < -0.4 is 10.6 Å². The Morgan fingerprint density at radius 1 is 1.47 bits per heavy atom. The molecule has 0 fully saturated rings.